The zero-order chi connectivity index (χ0) is 28.7. The standard InChI is InChI=1S/C28H30Cl2IN3O4S/c1-4-19(2)32-28(36)20(3)33(17-21-10-11-22(29)16-26(21)30)27(35)18-34(24-14-12-23(31)13-15-24)39(37,38)25-8-6-5-7-9-25/h5-16,19-20H,4,17-18H2,1-3H3,(H,32,36)/t19-,20-/m0/s1. The highest BCUT2D eigenvalue weighted by Crippen LogP contribution is 2.27. The van der Waals surface area contributed by atoms with Gasteiger partial charge in [-0.1, -0.05) is 54.4 Å². The normalized spacial score (nSPS) is 12.9. The molecule has 0 aliphatic rings. The summed E-state index contributed by atoms with van der Waals surface area (Å²) in [6.45, 7) is 4.89. The van der Waals surface area contributed by atoms with Crippen LogP contribution in [-0.4, -0.2) is 43.8 Å². The summed E-state index contributed by atoms with van der Waals surface area (Å²) in [6.07, 6.45) is 0.714. The van der Waals surface area contributed by atoms with Crippen molar-refractivity contribution in [2.24, 2.45) is 0 Å². The molecule has 0 aromatic heterocycles. The molecule has 3 rings (SSSR count). The van der Waals surface area contributed by atoms with Crippen LogP contribution in [0.5, 0.6) is 0 Å². The summed E-state index contributed by atoms with van der Waals surface area (Å²) in [5, 5.41) is 3.67. The minimum atomic E-state index is -4.11. The van der Waals surface area contributed by atoms with E-state index in [0.29, 0.717) is 27.7 Å². The van der Waals surface area contributed by atoms with Gasteiger partial charge in [-0.05, 0) is 97.0 Å². The SMILES string of the molecule is CC[C@H](C)NC(=O)[C@H](C)N(Cc1ccc(Cl)cc1Cl)C(=O)CN(c1ccc(I)cc1)S(=O)(=O)c1ccccc1. The van der Waals surface area contributed by atoms with Crippen LogP contribution in [0.2, 0.25) is 10.0 Å². The monoisotopic (exact) mass is 701 g/mol. The Morgan fingerprint density at radius 2 is 1.62 bits per heavy atom. The molecule has 0 aliphatic heterocycles. The number of rotatable bonds is 11. The fraction of sp³-hybridized carbons (Fsp3) is 0.286. The number of anilines is 1. The zero-order valence-electron chi connectivity index (χ0n) is 21.8. The number of hydrogen-bond donors (Lipinski definition) is 1. The molecule has 208 valence electrons. The largest absolute Gasteiger partial charge is 0.352 e. The van der Waals surface area contributed by atoms with Crippen LogP contribution < -0.4 is 9.62 Å². The molecule has 0 radical (unpaired) electrons. The van der Waals surface area contributed by atoms with Crippen LogP contribution in [0.15, 0.2) is 77.7 Å². The van der Waals surface area contributed by atoms with Gasteiger partial charge in [-0.25, -0.2) is 8.42 Å². The summed E-state index contributed by atoms with van der Waals surface area (Å²) in [6, 6.07) is 18.6. The Balaban J connectivity index is 2.03. The van der Waals surface area contributed by atoms with Gasteiger partial charge in [-0.3, -0.25) is 13.9 Å². The van der Waals surface area contributed by atoms with Gasteiger partial charge in [0, 0.05) is 26.2 Å². The van der Waals surface area contributed by atoms with Gasteiger partial charge < -0.3 is 10.2 Å². The molecule has 0 aliphatic carbocycles. The van der Waals surface area contributed by atoms with Crippen LogP contribution in [0, 0.1) is 3.57 Å². The minimum Gasteiger partial charge on any atom is -0.352 e. The second-order valence-corrected chi connectivity index (χ2v) is 13.0. The highest BCUT2D eigenvalue weighted by atomic mass is 127. The molecule has 0 unspecified atom stereocenters. The highest BCUT2D eigenvalue weighted by Gasteiger charge is 2.33. The smallest absolute Gasteiger partial charge is 0.264 e. The van der Waals surface area contributed by atoms with Crippen molar-refractivity contribution in [3.63, 3.8) is 0 Å². The minimum absolute atomic E-state index is 0.0180. The number of nitrogens with zero attached hydrogens (tertiary/aromatic N) is 2. The summed E-state index contributed by atoms with van der Waals surface area (Å²) in [5.41, 5.74) is 0.901. The average molecular weight is 702 g/mol. The van der Waals surface area contributed by atoms with Gasteiger partial charge in [0.1, 0.15) is 12.6 Å². The second-order valence-electron chi connectivity index (χ2n) is 9.05. The first-order valence-corrected chi connectivity index (χ1v) is 15.6. The molecule has 39 heavy (non-hydrogen) atoms. The third-order valence-electron chi connectivity index (χ3n) is 6.25. The maximum atomic E-state index is 13.9. The van der Waals surface area contributed by atoms with E-state index in [1.165, 1.54) is 17.0 Å². The van der Waals surface area contributed by atoms with Crippen LogP contribution in [0.25, 0.3) is 0 Å². The summed E-state index contributed by atoms with van der Waals surface area (Å²) in [4.78, 5) is 28.4. The molecule has 0 saturated carbocycles. The number of carbonyl (C=O) groups is 2. The number of amides is 2. The lowest BCUT2D eigenvalue weighted by molar-refractivity contribution is -0.139. The number of nitrogens with one attached hydrogen (secondary N) is 1. The number of sulfonamides is 1. The van der Waals surface area contributed by atoms with E-state index in [0.717, 1.165) is 7.88 Å². The van der Waals surface area contributed by atoms with Gasteiger partial charge >= 0.3 is 0 Å². The Labute approximate surface area is 253 Å². The average Bonchev–Trinajstić information content (AvgIpc) is 2.91. The van der Waals surface area contributed by atoms with Gasteiger partial charge in [0.25, 0.3) is 10.0 Å². The summed E-state index contributed by atoms with van der Waals surface area (Å²) in [5.74, 6) is -0.916. The lowest BCUT2D eigenvalue weighted by atomic mass is 10.1. The Bertz CT molecular complexity index is 1410. The third-order valence-corrected chi connectivity index (χ3v) is 9.34. The number of benzene rings is 3. The molecule has 0 saturated heterocycles. The van der Waals surface area contributed by atoms with Crippen molar-refractivity contribution in [1.82, 2.24) is 10.2 Å². The van der Waals surface area contributed by atoms with E-state index in [-0.39, 0.29) is 23.4 Å². The molecular weight excluding hydrogens is 672 g/mol. The Kier molecular flexibility index (Phi) is 11.1. The summed E-state index contributed by atoms with van der Waals surface area (Å²) < 4.78 is 29.5. The van der Waals surface area contributed by atoms with E-state index in [9.17, 15) is 18.0 Å². The van der Waals surface area contributed by atoms with Crippen molar-refractivity contribution in [3.05, 3.63) is 92.0 Å². The topological polar surface area (TPSA) is 86.8 Å². The first-order chi connectivity index (χ1) is 18.4. The van der Waals surface area contributed by atoms with E-state index in [1.807, 2.05) is 13.8 Å². The lowest BCUT2D eigenvalue weighted by Crippen LogP contribution is -2.52. The van der Waals surface area contributed by atoms with Gasteiger partial charge in [-0.2, -0.15) is 0 Å². The fourth-order valence-corrected chi connectivity index (χ4v) is 6.00. The Morgan fingerprint density at radius 3 is 2.21 bits per heavy atom. The summed E-state index contributed by atoms with van der Waals surface area (Å²) in [7, 11) is -4.11. The van der Waals surface area contributed by atoms with Crippen molar-refractivity contribution in [3.8, 4) is 0 Å². The molecule has 11 heteroatoms. The number of carbonyl (C=O) groups excluding carboxylic acids is 2. The Morgan fingerprint density at radius 1 is 0.974 bits per heavy atom. The van der Waals surface area contributed by atoms with Crippen molar-refractivity contribution in [2.75, 3.05) is 10.8 Å². The first kappa shape index (κ1) is 31.2. The number of halogens is 3. The quantitative estimate of drug-likeness (QED) is 0.244. The Hall–Kier alpha value is -2.34. The van der Waals surface area contributed by atoms with E-state index in [2.05, 4.69) is 27.9 Å². The molecule has 2 atom stereocenters. The second kappa shape index (κ2) is 13.8. The van der Waals surface area contributed by atoms with E-state index in [1.54, 1.807) is 67.6 Å². The lowest BCUT2D eigenvalue weighted by Gasteiger charge is -2.32. The molecule has 7 nitrogen and oxygen atoms in total. The predicted molar refractivity (Wildman–Crippen MR) is 165 cm³/mol. The van der Waals surface area contributed by atoms with Crippen LogP contribution >= 0.6 is 45.8 Å². The molecule has 0 spiro atoms. The van der Waals surface area contributed by atoms with Crippen molar-refractivity contribution in [2.45, 2.75) is 50.7 Å². The zero-order valence-corrected chi connectivity index (χ0v) is 26.3. The molecule has 0 heterocycles. The van der Waals surface area contributed by atoms with Crippen LogP contribution in [0.3, 0.4) is 0 Å². The number of hydrogen-bond acceptors (Lipinski definition) is 4. The van der Waals surface area contributed by atoms with Crippen molar-refractivity contribution in [1.29, 1.82) is 0 Å². The fourth-order valence-electron chi connectivity index (χ4n) is 3.74. The maximum absolute atomic E-state index is 13.9. The first-order valence-electron chi connectivity index (χ1n) is 12.3. The van der Waals surface area contributed by atoms with E-state index >= 15 is 0 Å². The van der Waals surface area contributed by atoms with E-state index < -0.39 is 28.5 Å². The van der Waals surface area contributed by atoms with Crippen LogP contribution in [0.4, 0.5) is 5.69 Å². The molecular formula is C28H30Cl2IN3O4S. The molecule has 3 aromatic carbocycles. The summed E-state index contributed by atoms with van der Waals surface area (Å²) >= 11 is 14.6. The third kappa shape index (κ3) is 8.09. The van der Waals surface area contributed by atoms with Gasteiger partial charge in [0.2, 0.25) is 11.8 Å². The molecule has 1 N–H and O–H groups in total. The molecule has 3 aromatic rings. The van der Waals surface area contributed by atoms with E-state index in [4.69, 9.17) is 23.2 Å². The van der Waals surface area contributed by atoms with Gasteiger partial charge in [-0.15, -0.1) is 0 Å². The molecule has 0 bridgehead atoms. The van der Waals surface area contributed by atoms with Crippen molar-refractivity contribution < 1.29 is 18.0 Å². The van der Waals surface area contributed by atoms with Crippen LogP contribution in [0.1, 0.15) is 32.8 Å². The molecule has 2 amide bonds. The predicted octanol–water partition coefficient (Wildman–Crippen LogP) is 6.13. The maximum Gasteiger partial charge on any atom is 0.264 e. The van der Waals surface area contributed by atoms with Crippen molar-refractivity contribution >= 4 is 73.3 Å². The highest BCUT2D eigenvalue weighted by molar-refractivity contribution is 14.1. The molecule has 0 fully saturated rings. The van der Waals surface area contributed by atoms with Crippen LogP contribution in [-0.2, 0) is 26.2 Å². The van der Waals surface area contributed by atoms with Gasteiger partial charge in [0.05, 0.1) is 10.6 Å². The van der Waals surface area contributed by atoms with Gasteiger partial charge in [0.15, 0.2) is 0 Å².